The monoisotopic (exact) mass is 379 g/mol. The van der Waals surface area contributed by atoms with Gasteiger partial charge in [-0.2, -0.15) is 4.31 Å². The van der Waals surface area contributed by atoms with Crippen LogP contribution in [0.3, 0.4) is 0 Å². The van der Waals surface area contributed by atoms with E-state index in [0.717, 1.165) is 24.7 Å². The van der Waals surface area contributed by atoms with Crippen LogP contribution in [0.5, 0.6) is 0 Å². The van der Waals surface area contributed by atoms with Crippen molar-refractivity contribution in [2.75, 3.05) is 6.26 Å². The van der Waals surface area contributed by atoms with Gasteiger partial charge in [-0.05, 0) is 43.0 Å². The number of sulfone groups is 1. The molecule has 1 aliphatic rings. The molecule has 0 aliphatic heterocycles. The number of sulfonamides is 1. The lowest BCUT2D eigenvalue weighted by atomic mass is 10.2. The molecule has 0 unspecified atom stereocenters. The first-order valence-corrected chi connectivity index (χ1v) is 11.4. The van der Waals surface area contributed by atoms with Gasteiger partial charge in [0.25, 0.3) is 0 Å². The van der Waals surface area contributed by atoms with Crippen LogP contribution in [0.15, 0.2) is 58.3 Å². The summed E-state index contributed by atoms with van der Waals surface area (Å²) in [6.07, 6.45) is 2.74. The van der Waals surface area contributed by atoms with Gasteiger partial charge in [0.2, 0.25) is 10.0 Å². The first-order valence-electron chi connectivity index (χ1n) is 8.06. The van der Waals surface area contributed by atoms with Gasteiger partial charge in [0.15, 0.2) is 9.84 Å². The summed E-state index contributed by atoms with van der Waals surface area (Å²) < 4.78 is 51.6. The highest BCUT2D eigenvalue weighted by atomic mass is 32.2. The van der Waals surface area contributed by atoms with Crippen molar-refractivity contribution in [2.24, 2.45) is 0 Å². The summed E-state index contributed by atoms with van der Waals surface area (Å²) in [4.78, 5) is 0.0883. The van der Waals surface area contributed by atoms with E-state index in [1.54, 1.807) is 13.0 Å². The van der Waals surface area contributed by atoms with Crippen molar-refractivity contribution in [2.45, 2.75) is 42.1 Å². The van der Waals surface area contributed by atoms with Crippen molar-refractivity contribution in [1.29, 1.82) is 0 Å². The fourth-order valence-electron chi connectivity index (χ4n) is 2.75. The third-order valence-electron chi connectivity index (χ3n) is 4.31. The summed E-state index contributed by atoms with van der Waals surface area (Å²) in [6.45, 7) is 1.98. The van der Waals surface area contributed by atoms with Crippen LogP contribution in [-0.2, 0) is 26.4 Å². The van der Waals surface area contributed by atoms with Crippen molar-refractivity contribution in [3.63, 3.8) is 0 Å². The van der Waals surface area contributed by atoms with Crippen LogP contribution in [-0.4, -0.2) is 33.4 Å². The molecule has 0 aromatic heterocycles. The SMILES string of the molecule is Cc1ccc(S(C)(=O)=O)cc1S(=O)(=O)N(Cc1ccccc1)C1CC1. The molecule has 0 atom stereocenters. The number of rotatable bonds is 6. The van der Waals surface area contributed by atoms with E-state index in [9.17, 15) is 16.8 Å². The van der Waals surface area contributed by atoms with Crippen LogP contribution in [0, 0.1) is 6.92 Å². The summed E-state index contributed by atoms with van der Waals surface area (Å²) in [5.41, 5.74) is 1.46. The van der Waals surface area contributed by atoms with Gasteiger partial charge < -0.3 is 0 Å². The van der Waals surface area contributed by atoms with Crippen molar-refractivity contribution in [3.05, 3.63) is 59.7 Å². The number of nitrogens with zero attached hydrogens (tertiary/aromatic N) is 1. The Bertz CT molecular complexity index is 979. The van der Waals surface area contributed by atoms with Crippen molar-refractivity contribution in [1.82, 2.24) is 4.31 Å². The minimum Gasteiger partial charge on any atom is -0.224 e. The maximum Gasteiger partial charge on any atom is 0.243 e. The quantitative estimate of drug-likeness (QED) is 0.774. The van der Waals surface area contributed by atoms with Crippen LogP contribution in [0.25, 0.3) is 0 Å². The Labute approximate surface area is 149 Å². The van der Waals surface area contributed by atoms with Gasteiger partial charge in [-0.3, -0.25) is 0 Å². The van der Waals surface area contributed by atoms with E-state index in [1.807, 2.05) is 30.3 Å². The van der Waals surface area contributed by atoms with E-state index in [-0.39, 0.29) is 22.4 Å². The van der Waals surface area contributed by atoms with E-state index in [0.29, 0.717) is 5.56 Å². The average molecular weight is 380 g/mol. The van der Waals surface area contributed by atoms with Gasteiger partial charge in [0, 0.05) is 18.8 Å². The highest BCUT2D eigenvalue weighted by Gasteiger charge is 2.38. The van der Waals surface area contributed by atoms with E-state index in [4.69, 9.17) is 0 Å². The van der Waals surface area contributed by atoms with E-state index >= 15 is 0 Å². The predicted octanol–water partition coefficient (Wildman–Crippen LogP) is 2.75. The van der Waals surface area contributed by atoms with Crippen LogP contribution >= 0.6 is 0 Å². The third kappa shape index (κ3) is 3.94. The highest BCUT2D eigenvalue weighted by Crippen LogP contribution is 2.35. The second-order valence-electron chi connectivity index (χ2n) is 6.47. The Balaban J connectivity index is 2.04. The lowest BCUT2D eigenvalue weighted by Gasteiger charge is -2.23. The Hall–Kier alpha value is -1.70. The maximum absolute atomic E-state index is 13.2. The van der Waals surface area contributed by atoms with Gasteiger partial charge in [0.1, 0.15) is 0 Å². The molecule has 1 aliphatic carbocycles. The predicted molar refractivity (Wildman–Crippen MR) is 96.5 cm³/mol. The zero-order valence-corrected chi connectivity index (χ0v) is 15.8. The highest BCUT2D eigenvalue weighted by molar-refractivity contribution is 7.91. The molecule has 0 heterocycles. The largest absolute Gasteiger partial charge is 0.243 e. The third-order valence-corrected chi connectivity index (χ3v) is 7.46. The van der Waals surface area contributed by atoms with Crippen molar-refractivity contribution in [3.8, 4) is 0 Å². The first kappa shape index (κ1) is 18.1. The molecule has 1 saturated carbocycles. The van der Waals surface area contributed by atoms with E-state index in [2.05, 4.69) is 0 Å². The summed E-state index contributed by atoms with van der Waals surface area (Å²) >= 11 is 0. The smallest absolute Gasteiger partial charge is 0.224 e. The van der Waals surface area contributed by atoms with Gasteiger partial charge in [-0.25, -0.2) is 16.8 Å². The van der Waals surface area contributed by atoms with Crippen molar-refractivity contribution >= 4 is 19.9 Å². The van der Waals surface area contributed by atoms with Crippen LogP contribution < -0.4 is 0 Å². The summed E-state index contributed by atoms with van der Waals surface area (Å²) in [6, 6.07) is 13.7. The average Bonchev–Trinajstić information content (AvgIpc) is 3.37. The van der Waals surface area contributed by atoms with Crippen LogP contribution in [0.1, 0.15) is 24.0 Å². The molecule has 0 saturated heterocycles. The standard InChI is InChI=1S/C18H21NO4S2/c1-14-8-11-17(24(2,20)21)12-18(14)25(22,23)19(16-9-10-16)13-15-6-4-3-5-7-15/h3-8,11-12,16H,9-10,13H2,1-2H3. The van der Waals surface area contributed by atoms with Gasteiger partial charge in [-0.15, -0.1) is 0 Å². The summed E-state index contributed by atoms with van der Waals surface area (Å²) in [5, 5.41) is 0. The molecular formula is C18H21NO4S2. The molecule has 5 nitrogen and oxygen atoms in total. The van der Waals surface area contributed by atoms with Crippen LogP contribution in [0.2, 0.25) is 0 Å². The molecule has 0 amide bonds. The van der Waals surface area contributed by atoms with Gasteiger partial charge in [-0.1, -0.05) is 36.4 Å². The minimum atomic E-state index is -3.78. The second kappa shape index (κ2) is 6.55. The maximum atomic E-state index is 13.2. The Morgan fingerprint density at radius 3 is 2.20 bits per heavy atom. The molecule has 1 fully saturated rings. The molecule has 0 radical (unpaired) electrons. The molecular weight excluding hydrogens is 358 g/mol. The Morgan fingerprint density at radius 2 is 1.64 bits per heavy atom. The molecule has 134 valence electrons. The molecule has 0 spiro atoms. The van der Waals surface area contributed by atoms with E-state index < -0.39 is 19.9 Å². The molecule has 0 N–H and O–H groups in total. The number of hydrogen-bond acceptors (Lipinski definition) is 4. The van der Waals surface area contributed by atoms with Gasteiger partial charge in [0.05, 0.1) is 9.79 Å². The topological polar surface area (TPSA) is 71.5 Å². The number of hydrogen-bond donors (Lipinski definition) is 0. The lowest BCUT2D eigenvalue weighted by molar-refractivity contribution is 0.398. The fraction of sp³-hybridized carbons (Fsp3) is 0.333. The summed E-state index contributed by atoms with van der Waals surface area (Å²) in [7, 11) is -7.26. The number of benzene rings is 2. The molecule has 2 aromatic rings. The fourth-order valence-corrected chi connectivity index (χ4v) is 5.40. The first-order chi connectivity index (χ1) is 11.7. The zero-order valence-electron chi connectivity index (χ0n) is 14.2. The van der Waals surface area contributed by atoms with E-state index in [1.165, 1.54) is 16.4 Å². The normalized spacial score (nSPS) is 15.5. The number of aryl methyl sites for hydroxylation is 1. The zero-order chi connectivity index (χ0) is 18.2. The van der Waals surface area contributed by atoms with Gasteiger partial charge >= 0.3 is 0 Å². The minimum absolute atomic E-state index is 0.0205. The summed E-state index contributed by atoms with van der Waals surface area (Å²) in [5.74, 6) is 0. The molecule has 2 aromatic carbocycles. The Kier molecular flexibility index (Phi) is 4.74. The van der Waals surface area contributed by atoms with Crippen LogP contribution in [0.4, 0.5) is 0 Å². The lowest BCUT2D eigenvalue weighted by Crippen LogP contribution is -2.33. The second-order valence-corrected chi connectivity index (χ2v) is 10.3. The molecule has 0 bridgehead atoms. The molecule has 3 rings (SSSR count). The van der Waals surface area contributed by atoms with Crippen molar-refractivity contribution < 1.29 is 16.8 Å². The Morgan fingerprint density at radius 1 is 1.00 bits per heavy atom. The molecule has 25 heavy (non-hydrogen) atoms. The molecule has 7 heteroatoms.